The third kappa shape index (κ3) is 4.26. The van der Waals surface area contributed by atoms with E-state index in [9.17, 15) is 4.79 Å². The number of nitrogens with one attached hydrogen (secondary N) is 1. The van der Waals surface area contributed by atoms with Crippen LogP contribution in [0, 0.1) is 0 Å². The van der Waals surface area contributed by atoms with E-state index in [-0.39, 0.29) is 5.91 Å². The Morgan fingerprint density at radius 1 is 1.00 bits per heavy atom. The zero-order chi connectivity index (χ0) is 20.1. The van der Waals surface area contributed by atoms with E-state index in [0.29, 0.717) is 52.7 Å². The summed E-state index contributed by atoms with van der Waals surface area (Å²) in [6.07, 6.45) is 3.04. The zero-order valence-electron chi connectivity index (χ0n) is 15.7. The van der Waals surface area contributed by atoms with Crippen molar-refractivity contribution in [1.29, 1.82) is 0 Å². The highest BCUT2D eigenvalue weighted by molar-refractivity contribution is 6.32. The van der Waals surface area contributed by atoms with Gasteiger partial charge in [0.25, 0.3) is 0 Å². The molecule has 0 atom stereocenters. The SMILES string of the molecule is COc1cc(OC)c(NC(=O)/C=C/c2cc(OC)c3c(c2)OCCO3)cc1Cl. The van der Waals surface area contributed by atoms with Crippen LogP contribution in [0.2, 0.25) is 5.02 Å². The van der Waals surface area contributed by atoms with E-state index in [1.54, 1.807) is 37.5 Å². The first-order valence-electron chi connectivity index (χ1n) is 8.44. The lowest BCUT2D eigenvalue weighted by Gasteiger charge is -2.20. The highest BCUT2D eigenvalue weighted by Gasteiger charge is 2.18. The number of methoxy groups -OCH3 is 3. The van der Waals surface area contributed by atoms with Crippen LogP contribution in [0.5, 0.6) is 28.7 Å². The molecule has 8 heteroatoms. The Bertz CT molecular complexity index is 895. The number of amides is 1. The lowest BCUT2D eigenvalue weighted by molar-refractivity contribution is -0.111. The number of halogens is 1. The third-order valence-electron chi connectivity index (χ3n) is 4.01. The van der Waals surface area contributed by atoms with E-state index in [1.165, 1.54) is 20.3 Å². The van der Waals surface area contributed by atoms with Gasteiger partial charge in [-0.3, -0.25) is 4.79 Å². The standard InChI is InChI=1S/C20H20ClNO6/c1-24-15-11-16(25-2)14(10-13(15)21)22-19(23)5-4-12-8-17(26-3)20-18(9-12)27-6-7-28-20/h4-5,8-11H,6-7H2,1-3H3,(H,22,23)/b5-4+. The summed E-state index contributed by atoms with van der Waals surface area (Å²) in [6.45, 7) is 0.926. The topological polar surface area (TPSA) is 75.3 Å². The predicted octanol–water partition coefficient (Wildman–Crippen LogP) is 3.79. The normalized spacial score (nSPS) is 12.6. The number of fused-ring (bicyclic) bond motifs is 1. The maximum atomic E-state index is 12.3. The zero-order valence-corrected chi connectivity index (χ0v) is 16.5. The van der Waals surface area contributed by atoms with E-state index >= 15 is 0 Å². The monoisotopic (exact) mass is 405 g/mol. The average Bonchev–Trinajstić information content (AvgIpc) is 2.71. The van der Waals surface area contributed by atoms with Crippen LogP contribution in [-0.4, -0.2) is 40.5 Å². The molecule has 0 unspecified atom stereocenters. The minimum atomic E-state index is -0.353. The molecular formula is C20H20ClNO6. The molecule has 7 nitrogen and oxygen atoms in total. The van der Waals surface area contributed by atoms with Crippen molar-refractivity contribution in [3.63, 3.8) is 0 Å². The molecule has 0 spiro atoms. The molecule has 1 aliphatic rings. The van der Waals surface area contributed by atoms with Gasteiger partial charge >= 0.3 is 0 Å². The molecule has 1 amide bonds. The van der Waals surface area contributed by atoms with Crippen LogP contribution in [-0.2, 0) is 4.79 Å². The molecule has 2 aromatic rings. The number of hydrogen-bond donors (Lipinski definition) is 1. The molecule has 0 saturated carbocycles. The van der Waals surface area contributed by atoms with Crippen molar-refractivity contribution in [2.75, 3.05) is 39.9 Å². The molecule has 2 aromatic carbocycles. The molecule has 0 fully saturated rings. The van der Waals surface area contributed by atoms with E-state index < -0.39 is 0 Å². The number of carbonyl (C=O) groups is 1. The van der Waals surface area contributed by atoms with Gasteiger partial charge in [-0.05, 0) is 29.8 Å². The fourth-order valence-corrected chi connectivity index (χ4v) is 2.93. The van der Waals surface area contributed by atoms with Crippen molar-refractivity contribution in [3.05, 3.63) is 40.9 Å². The predicted molar refractivity (Wildman–Crippen MR) is 106 cm³/mol. The number of benzene rings is 2. The molecule has 0 radical (unpaired) electrons. The molecule has 0 aromatic heterocycles. The fourth-order valence-electron chi connectivity index (χ4n) is 2.69. The first kappa shape index (κ1) is 19.7. The van der Waals surface area contributed by atoms with Gasteiger partial charge in [0, 0.05) is 12.1 Å². The summed E-state index contributed by atoms with van der Waals surface area (Å²) in [6, 6.07) is 6.72. The maximum absolute atomic E-state index is 12.3. The molecule has 1 N–H and O–H groups in total. The maximum Gasteiger partial charge on any atom is 0.248 e. The van der Waals surface area contributed by atoms with Gasteiger partial charge in [0.1, 0.15) is 24.7 Å². The first-order chi connectivity index (χ1) is 13.5. The Hall–Kier alpha value is -3.06. The van der Waals surface area contributed by atoms with Gasteiger partial charge in [-0.2, -0.15) is 0 Å². The van der Waals surface area contributed by atoms with E-state index in [2.05, 4.69) is 5.32 Å². The quantitative estimate of drug-likeness (QED) is 0.737. The average molecular weight is 406 g/mol. The Morgan fingerprint density at radius 2 is 1.71 bits per heavy atom. The van der Waals surface area contributed by atoms with Crippen LogP contribution in [0.15, 0.2) is 30.3 Å². The molecule has 148 valence electrons. The number of ether oxygens (including phenoxy) is 5. The summed E-state index contributed by atoms with van der Waals surface area (Å²) < 4.78 is 26.9. The highest BCUT2D eigenvalue weighted by Crippen LogP contribution is 2.40. The number of hydrogen-bond acceptors (Lipinski definition) is 6. The molecule has 3 rings (SSSR count). The van der Waals surface area contributed by atoms with Crippen molar-refractivity contribution in [2.24, 2.45) is 0 Å². The van der Waals surface area contributed by atoms with E-state index in [4.69, 9.17) is 35.3 Å². The highest BCUT2D eigenvalue weighted by atomic mass is 35.5. The number of anilines is 1. The minimum absolute atomic E-state index is 0.353. The van der Waals surface area contributed by atoms with Crippen LogP contribution >= 0.6 is 11.6 Å². The second-order valence-electron chi connectivity index (χ2n) is 5.76. The summed E-state index contributed by atoms with van der Waals surface area (Å²) in [7, 11) is 4.55. The van der Waals surface area contributed by atoms with Gasteiger partial charge in [0.15, 0.2) is 11.5 Å². The lowest BCUT2D eigenvalue weighted by atomic mass is 10.1. The molecule has 1 heterocycles. The Kier molecular flexibility index (Phi) is 6.16. The largest absolute Gasteiger partial charge is 0.495 e. The minimum Gasteiger partial charge on any atom is -0.495 e. The van der Waals surface area contributed by atoms with Crippen molar-refractivity contribution in [3.8, 4) is 28.7 Å². The molecular weight excluding hydrogens is 386 g/mol. The van der Waals surface area contributed by atoms with Crippen molar-refractivity contribution in [1.82, 2.24) is 0 Å². The fraction of sp³-hybridized carbons (Fsp3) is 0.250. The van der Waals surface area contributed by atoms with Gasteiger partial charge in [-0.15, -0.1) is 0 Å². The van der Waals surface area contributed by atoms with Gasteiger partial charge < -0.3 is 29.0 Å². The van der Waals surface area contributed by atoms with Crippen molar-refractivity contribution >= 4 is 29.3 Å². The summed E-state index contributed by atoms with van der Waals surface area (Å²) in [4.78, 5) is 12.3. The van der Waals surface area contributed by atoms with Gasteiger partial charge in [0.2, 0.25) is 11.7 Å². The Labute approximate surface area is 167 Å². The number of carbonyl (C=O) groups excluding carboxylic acids is 1. The second kappa shape index (κ2) is 8.75. The van der Waals surface area contributed by atoms with Crippen LogP contribution in [0.4, 0.5) is 5.69 Å². The van der Waals surface area contributed by atoms with E-state index in [0.717, 1.165) is 5.56 Å². The van der Waals surface area contributed by atoms with E-state index in [1.807, 2.05) is 0 Å². The molecule has 0 saturated heterocycles. The van der Waals surface area contributed by atoms with Crippen LogP contribution < -0.4 is 29.0 Å². The van der Waals surface area contributed by atoms with Crippen molar-refractivity contribution in [2.45, 2.75) is 0 Å². The van der Waals surface area contributed by atoms with Crippen LogP contribution in [0.1, 0.15) is 5.56 Å². The van der Waals surface area contributed by atoms with Crippen LogP contribution in [0.25, 0.3) is 6.08 Å². The van der Waals surface area contributed by atoms with Gasteiger partial charge in [0.05, 0.1) is 32.0 Å². The first-order valence-corrected chi connectivity index (χ1v) is 8.81. The lowest BCUT2D eigenvalue weighted by Crippen LogP contribution is -2.16. The molecule has 0 bridgehead atoms. The number of rotatable bonds is 6. The van der Waals surface area contributed by atoms with Crippen LogP contribution in [0.3, 0.4) is 0 Å². The van der Waals surface area contributed by atoms with Gasteiger partial charge in [-0.1, -0.05) is 11.6 Å². The second-order valence-corrected chi connectivity index (χ2v) is 6.16. The summed E-state index contributed by atoms with van der Waals surface area (Å²) in [5.41, 5.74) is 1.17. The Morgan fingerprint density at radius 3 is 2.43 bits per heavy atom. The smallest absolute Gasteiger partial charge is 0.248 e. The summed E-state index contributed by atoms with van der Waals surface area (Å²) in [5.74, 6) is 2.22. The molecule has 28 heavy (non-hydrogen) atoms. The molecule has 1 aliphatic heterocycles. The van der Waals surface area contributed by atoms with Gasteiger partial charge in [-0.25, -0.2) is 0 Å². The molecule has 0 aliphatic carbocycles. The third-order valence-corrected chi connectivity index (χ3v) is 4.30. The van der Waals surface area contributed by atoms with Crippen molar-refractivity contribution < 1.29 is 28.5 Å². The Balaban J connectivity index is 1.78. The summed E-state index contributed by atoms with van der Waals surface area (Å²) in [5, 5.41) is 3.10. The summed E-state index contributed by atoms with van der Waals surface area (Å²) >= 11 is 6.13.